The first-order valence-corrected chi connectivity index (χ1v) is 10.4. The van der Waals surface area contributed by atoms with E-state index in [1.165, 1.54) is 17.7 Å². The second kappa shape index (κ2) is 7.39. The molecular weight excluding hydrogens is 365 g/mol. The number of nitrogens with zero attached hydrogens (tertiary/aromatic N) is 3. The minimum Gasteiger partial charge on any atom is -0.370 e. The first-order chi connectivity index (χ1) is 14.1. The van der Waals surface area contributed by atoms with Gasteiger partial charge < -0.3 is 9.14 Å². The summed E-state index contributed by atoms with van der Waals surface area (Å²) >= 11 is 0. The van der Waals surface area contributed by atoms with Crippen LogP contribution >= 0.6 is 0 Å². The second-order valence-electron chi connectivity index (χ2n) is 8.27. The molecule has 29 heavy (non-hydrogen) atoms. The number of likely N-dealkylation sites (tertiary alicyclic amines) is 1. The molecule has 2 aliphatic rings. The molecule has 2 aromatic heterocycles. The van der Waals surface area contributed by atoms with Crippen molar-refractivity contribution < 1.29 is 9.13 Å². The van der Waals surface area contributed by atoms with Crippen molar-refractivity contribution in [3.8, 4) is 11.3 Å². The number of ether oxygens (including phenoxy) is 1. The maximum absolute atomic E-state index is 13.4. The van der Waals surface area contributed by atoms with Crippen LogP contribution in [-0.4, -0.2) is 39.6 Å². The summed E-state index contributed by atoms with van der Waals surface area (Å²) in [4.78, 5) is 7.33. The number of hydrogen-bond donors (Lipinski definition) is 0. The molecule has 0 bridgehead atoms. The Morgan fingerprint density at radius 1 is 1.10 bits per heavy atom. The van der Waals surface area contributed by atoms with Gasteiger partial charge in [0.15, 0.2) is 0 Å². The molecule has 0 unspecified atom stereocenters. The number of piperidine rings is 1. The zero-order chi connectivity index (χ0) is 19.8. The predicted octanol–water partition coefficient (Wildman–Crippen LogP) is 4.84. The summed E-state index contributed by atoms with van der Waals surface area (Å²) in [6.45, 7) is 5.85. The van der Waals surface area contributed by atoms with E-state index in [0.717, 1.165) is 68.1 Å². The summed E-state index contributed by atoms with van der Waals surface area (Å²) < 4.78 is 21.8. The molecule has 0 atom stereocenters. The molecule has 3 aromatic rings. The van der Waals surface area contributed by atoms with Crippen LogP contribution in [0.1, 0.15) is 31.9 Å². The molecule has 5 heteroatoms. The van der Waals surface area contributed by atoms with Crippen molar-refractivity contribution in [2.75, 3.05) is 19.7 Å². The lowest BCUT2D eigenvalue weighted by Crippen LogP contribution is -2.46. The summed E-state index contributed by atoms with van der Waals surface area (Å²) in [6, 6.07) is 12.7. The zero-order valence-corrected chi connectivity index (χ0v) is 16.8. The molecule has 0 aliphatic carbocycles. The van der Waals surface area contributed by atoms with Crippen LogP contribution in [0.2, 0.25) is 0 Å². The number of hydrogen-bond acceptors (Lipinski definition) is 3. The van der Waals surface area contributed by atoms with E-state index in [2.05, 4.69) is 28.5 Å². The van der Waals surface area contributed by atoms with Crippen LogP contribution < -0.4 is 0 Å². The Labute approximate surface area is 170 Å². The smallest absolute Gasteiger partial charge is 0.137 e. The highest BCUT2D eigenvalue weighted by molar-refractivity contribution is 5.66. The molecule has 0 radical (unpaired) electrons. The summed E-state index contributed by atoms with van der Waals surface area (Å²) in [5, 5.41) is 0. The van der Waals surface area contributed by atoms with Gasteiger partial charge in [-0.2, -0.15) is 0 Å². The Morgan fingerprint density at radius 2 is 1.90 bits per heavy atom. The highest BCUT2D eigenvalue weighted by Crippen LogP contribution is 2.34. The average molecular weight is 391 g/mol. The molecule has 0 saturated carbocycles. The van der Waals surface area contributed by atoms with E-state index in [-0.39, 0.29) is 11.4 Å². The first kappa shape index (κ1) is 18.5. The molecule has 2 aliphatic heterocycles. The van der Waals surface area contributed by atoms with E-state index in [1.807, 2.05) is 30.3 Å². The lowest BCUT2D eigenvalue weighted by atomic mass is 9.87. The van der Waals surface area contributed by atoms with Gasteiger partial charge >= 0.3 is 0 Å². The fraction of sp³-hybridized carbons (Fsp3) is 0.375. The van der Waals surface area contributed by atoms with Gasteiger partial charge in [-0.15, -0.1) is 0 Å². The minimum absolute atomic E-state index is 0.0713. The highest BCUT2D eigenvalue weighted by atomic mass is 19.1. The van der Waals surface area contributed by atoms with Crippen molar-refractivity contribution in [1.82, 2.24) is 14.3 Å². The monoisotopic (exact) mass is 391 g/mol. The fourth-order valence-corrected chi connectivity index (χ4v) is 4.60. The topological polar surface area (TPSA) is 29.8 Å². The quantitative estimate of drug-likeness (QED) is 0.598. The number of imidazole rings is 1. The van der Waals surface area contributed by atoms with Crippen molar-refractivity contribution in [3.63, 3.8) is 0 Å². The zero-order valence-electron chi connectivity index (χ0n) is 16.8. The van der Waals surface area contributed by atoms with Gasteiger partial charge in [-0.3, -0.25) is 4.90 Å². The van der Waals surface area contributed by atoms with Gasteiger partial charge in [-0.25, -0.2) is 9.37 Å². The van der Waals surface area contributed by atoms with Crippen molar-refractivity contribution in [2.45, 2.75) is 38.3 Å². The van der Waals surface area contributed by atoms with Crippen molar-refractivity contribution >= 4 is 5.65 Å². The number of rotatable bonds is 3. The van der Waals surface area contributed by atoms with E-state index in [1.54, 1.807) is 0 Å². The van der Waals surface area contributed by atoms with E-state index in [0.29, 0.717) is 0 Å². The van der Waals surface area contributed by atoms with E-state index < -0.39 is 0 Å². The van der Waals surface area contributed by atoms with E-state index in [9.17, 15) is 4.39 Å². The third-order valence-corrected chi connectivity index (χ3v) is 6.22. The lowest BCUT2D eigenvalue weighted by Gasteiger charge is -2.42. The van der Waals surface area contributed by atoms with Gasteiger partial charge in [-0.1, -0.05) is 17.7 Å². The van der Waals surface area contributed by atoms with E-state index in [4.69, 9.17) is 9.72 Å². The van der Waals surface area contributed by atoms with Crippen LogP contribution in [0.4, 0.5) is 4.39 Å². The Hall–Kier alpha value is -2.50. The molecule has 4 nitrogen and oxygen atoms in total. The molecule has 0 amide bonds. The van der Waals surface area contributed by atoms with E-state index >= 15 is 0 Å². The van der Waals surface area contributed by atoms with Crippen LogP contribution in [0, 0.1) is 5.82 Å². The van der Waals surface area contributed by atoms with Gasteiger partial charge in [0.25, 0.3) is 0 Å². The second-order valence-corrected chi connectivity index (χ2v) is 8.27. The Kier molecular flexibility index (Phi) is 4.72. The first-order valence-electron chi connectivity index (χ1n) is 10.4. The standard InChI is InChI=1S/C24H26FN3O/c1-18-9-15-29-24(16-18)10-13-27(14-11-24)17-21-23(19-5-7-20(25)8-6-19)26-22-4-2-3-12-28(21)22/h2-8,12,16H,9-11,13-15,17H2,1H3. The molecule has 0 N–H and O–H groups in total. The van der Waals surface area contributed by atoms with Gasteiger partial charge in [0.2, 0.25) is 0 Å². The highest BCUT2D eigenvalue weighted by Gasteiger charge is 2.35. The molecule has 5 rings (SSSR count). The summed E-state index contributed by atoms with van der Waals surface area (Å²) in [5.41, 5.74) is 5.33. The average Bonchev–Trinajstić information content (AvgIpc) is 3.09. The van der Waals surface area contributed by atoms with Crippen molar-refractivity contribution in [2.24, 2.45) is 0 Å². The third-order valence-electron chi connectivity index (χ3n) is 6.22. The van der Waals surface area contributed by atoms with Crippen LogP contribution in [0.3, 0.4) is 0 Å². The normalized spacial score (nSPS) is 19.6. The van der Waals surface area contributed by atoms with Gasteiger partial charge in [0.05, 0.1) is 23.6 Å². The number of fused-ring (bicyclic) bond motifs is 1. The Morgan fingerprint density at radius 3 is 2.66 bits per heavy atom. The number of pyridine rings is 1. The fourth-order valence-electron chi connectivity index (χ4n) is 4.60. The Balaban J connectivity index is 1.43. The summed E-state index contributed by atoms with van der Waals surface area (Å²) in [6.07, 6.45) is 7.51. The minimum atomic E-state index is -0.226. The van der Waals surface area contributed by atoms with Gasteiger partial charge in [0.1, 0.15) is 11.5 Å². The number of aromatic nitrogens is 2. The maximum Gasteiger partial charge on any atom is 0.137 e. The molecule has 4 heterocycles. The molecule has 1 aromatic carbocycles. The van der Waals surface area contributed by atoms with Crippen molar-refractivity contribution in [3.05, 3.63) is 71.8 Å². The van der Waals surface area contributed by atoms with Crippen LogP contribution in [0.5, 0.6) is 0 Å². The Bertz CT molecular complexity index is 1050. The number of halogens is 1. The summed E-state index contributed by atoms with van der Waals surface area (Å²) in [7, 11) is 0. The molecule has 1 fully saturated rings. The van der Waals surface area contributed by atoms with Crippen molar-refractivity contribution in [1.29, 1.82) is 0 Å². The number of benzene rings is 1. The molecule has 1 saturated heterocycles. The predicted molar refractivity (Wildman–Crippen MR) is 112 cm³/mol. The van der Waals surface area contributed by atoms with Crippen LogP contribution in [0.15, 0.2) is 60.3 Å². The van der Waals surface area contributed by atoms with Gasteiger partial charge in [0, 0.05) is 31.4 Å². The SMILES string of the molecule is CC1=CC2(CCN(Cc3c(-c4ccc(F)cc4)nc4ccccn34)CC2)OCC1. The summed E-state index contributed by atoms with van der Waals surface area (Å²) in [5.74, 6) is -0.226. The lowest BCUT2D eigenvalue weighted by molar-refractivity contribution is -0.0578. The molecule has 150 valence electrons. The van der Waals surface area contributed by atoms with Crippen LogP contribution in [-0.2, 0) is 11.3 Å². The third kappa shape index (κ3) is 3.61. The largest absolute Gasteiger partial charge is 0.370 e. The van der Waals surface area contributed by atoms with Crippen LogP contribution in [0.25, 0.3) is 16.9 Å². The molecule has 1 spiro atoms. The maximum atomic E-state index is 13.4. The molecular formula is C24H26FN3O. The van der Waals surface area contributed by atoms with Gasteiger partial charge in [-0.05, 0) is 62.6 Å².